The predicted molar refractivity (Wildman–Crippen MR) is 101 cm³/mol. The van der Waals surface area contributed by atoms with E-state index < -0.39 is 10.0 Å². The lowest BCUT2D eigenvalue weighted by atomic mass is 10.1. The van der Waals surface area contributed by atoms with Gasteiger partial charge in [-0.1, -0.05) is 17.7 Å². The second-order valence-electron chi connectivity index (χ2n) is 6.19. The topological polar surface area (TPSA) is 88.2 Å². The Kier molecular flexibility index (Phi) is 5.60. The zero-order valence-corrected chi connectivity index (χ0v) is 16.0. The summed E-state index contributed by atoms with van der Waals surface area (Å²) in [6.45, 7) is 2.52. The van der Waals surface area contributed by atoms with E-state index in [0.717, 1.165) is 30.9 Å². The molecule has 2 heterocycles. The number of nitrogens with one attached hydrogen (secondary N) is 2. The van der Waals surface area contributed by atoms with Crippen LogP contribution >= 0.6 is 11.6 Å². The lowest BCUT2D eigenvalue weighted by molar-refractivity contribution is 0.101. The van der Waals surface area contributed by atoms with Gasteiger partial charge in [-0.25, -0.2) is 18.1 Å². The number of rotatable bonds is 6. The fraction of sp³-hybridized carbons (Fsp3) is 0.333. The molecule has 0 spiro atoms. The Morgan fingerprint density at radius 2 is 2.12 bits per heavy atom. The van der Waals surface area contributed by atoms with E-state index in [-0.39, 0.29) is 22.2 Å². The third-order valence-corrected chi connectivity index (χ3v) is 6.03. The third-order valence-electron chi connectivity index (χ3n) is 4.26. The number of fused-ring (bicyclic) bond motifs is 1. The highest BCUT2D eigenvalue weighted by atomic mass is 35.5. The summed E-state index contributed by atoms with van der Waals surface area (Å²) in [7, 11) is -3.70. The van der Waals surface area contributed by atoms with Gasteiger partial charge in [-0.2, -0.15) is 0 Å². The first kappa shape index (κ1) is 18.8. The molecule has 0 amide bonds. The molecule has 0 unspecified atom stereocenters. The molecule has 1 aromatic carbocycles. The zero-order chi connectivity index (χ0) is 18.7. The molecule has 0 saturated heterocycles. The molecule has 0 radical (unpaired) electrons. The van der Waals surface area contributed by atoms with Crippen molar-refractivity contribution >= 4 is 33.2 Å². The van der Waals surface area contributed by atoms with Crippen LogP contribution in [0.3, 0.4) is 0 Å². The molecule has 0 bridgehead atoms. The van der Waals surface area contributed by atoms with Crippen molar-refractivity contribution in [1.29, 1.82) is 0 Å². The van der Waals surface area contributed by atoms with Gasteiger partial charge in [0.25, 0.3) is 0 Å². The van der Waals surface area contributed by atoms with Crippen molar-refractivity contribution in [2.75, 3.05) is 18.4 Å². The van der Waals surface area contributed by atoms with Gasteiger partial charge >= 0.3 is 0 Å². The van der Waals surface area contributed by atoms with Crippen molar-refractivity contribution in [1.82, 2.24) is 9.71 Å². The van der Waals surface area contributed by atoms with Crippen LogP contribution in [0.15, 0.2) is 35.2 Å². The van der Waals surface area contributed by atoms with E-state index in [2.05, 4.69) is 15.0 Å². The molecular weight excluding hydrogens is 374 g/mol. The molecule has 3 rings (SSSR count). The molecule has 138 valence electrons. The number of aryl methyl sites for hydroxylation is 1. The monoisotopic (exact) mass is 393 g/mol. The first-order valence-corrected chi connectivity index (χ1v) is 10.3. The quantitative estimate of drug-likeness (QED) is 0.737. The second-order valence-corrected chi connectivity index (χ2v) is 8.36. The molecule has 1 aliphatic rings. The summed E-state index contributed by atoms with van der Waals surface area (Å²) in [5.74, 6) is 0.683. The number of Topliss-reactive ketones (excluding diaryl/α,β-unsaturated/α-hetero) is 1. The molecule has 1 aromatic heterocycles. The predicted octanol–water partition coefficient (Wildman–Crippen LogP) is 2.82. The van der Waals surface area contributed by atoms with E-state index in [1.165, 1.54) is 30.7 Å². The average Bonchev–Trinajstić information content (AvgIpc) is 2.61. The first-order valence-electron chi connectivity index (χ1n) is 8.39. The second kappa shape index (κ2) is 7.73. The van der Waals surface area contributed by atoms with Crippen LogP contribution in [0.25, 0.3) is 0 Å². The van der Waals surface area contributed by atoms with Gasteiger partial charge in [-0.3, -0.25) is 4.79 Å². The number of nitrogens with zero attached hydrogens (tertiary/aromatic N) is 1. The molecule has 0 saturated carbocycles. The van der Waals surface area contributed by atoms with Gasteiger partial charge in [0.2, 0.25) is 10.0 Å². The SMILES string of the molecule is CC(=O)c1ccc(S(=O)(=O)NCCc2ccc3c(n2)NCCC3)cc1Cl. The van der Waals surface area contributed by atoms with Gasteiger partial charge in [0.05, 0.1) is 9.92 Å². The lowest BCUT2D eigenvalue weighted by Gasteiger charge is -2.17. The fourth-order valence-electron chi connectivity index (χ4n) is 2.85. The van der Waals surface area contributed by atoms with Crippen molar-refractivity contribution in [3.05, 3.63) is 52.2 Å². The molecule has 0 aliphatic carbocycles. The zero-order valence-electron chi connectivity index (χ0n) is 14.4. The Morgan fingerprint density at radius 3 is 2.85 bits per heavy atom. The average molecular weight is 394 g/mol. The Balaban J connectivity index is 1.65. The first-order chi connectivity index (χ1) is 12.4. The van der Waals surface area contributed by atoms with Crippen LogP contribution in [-0.2, 0) is 22.9 Å². The van der Waals surface area contributed by atoms with Crippen LogP contribution < -0.4 is 10.0 Å². The molecule has 1 aliphatic heterocycles. The third kappa shape index (κ3) is 4.23. The van der Waals surface area contributed by atoms with Crippen LogP contribution in [0.2, 0.25) is 5.02 Å². The summed E-state index contributed by atoms with van der Waals surface area (Å²) >= 11 is 6.00. The number of benzene rings is 1. The summed E-state index contributed by atoms with van der Waals surface area (Å²) < 4.78 is 27.4. The summed E-state index contributed by atoms with van der Waals surface area (Å²) in [4.78, 5) is 16.0. The van der Waals surface area contributed by atoms with Crippen molar-refractivity contribution in [3.8, 4) is 0 Å². The van der Waals surface area contributed by atoms with Crippen molar-refractivity contribution in [2.45, 2.75) is 31.1 Å². The number of halogens is 1. The smallest absolute Gasteiger partial charge is 0.240 e. The van der Waals surface area contributed by atoms with Gasteiger partial charge < -0.3 is 5.32 Å². The Labute approximate surface area is 158 Å². The molecular formula is C18H20ClN3O3S. The van der Waals surface area contributed by atoms with Crippen LogP contribution in [-0.4, -0.2) is 32.3 Å². The molecule has 0 fully saturated rings. The molecule has 26 heavy (non-hydrogen) atoms. The maximum absolute atomic E-state index is 12.4. The summed E-state index contributed by atoms with van der Waals surface area (Å²) in [6.07, 6.45) is 2.59. The highest BCUT2D eigenvalue weighted by Gasteiger charge is 2.17. The number of carbonyl (C=O) groups is 1. The van der Waals surface area contributed by atoms with E-state index in [1.54, 1.807) is 0 Å². The number of carbonyl (C=O) groups excluding carboxylic acids is 1. The van der Waals surface area contributed by atoms with Crippen molar-refractivity contribution < 1.29 is 13.2 Å². The molecule has 6 nitrogen and oxygen atoms in total. The largest absolute Gasteiger partial charge is 0.370 e. The Bertz CT molecular complexity index is 945. The lowest BCUT2D eigenvalue weighted by Crippen LogP contribution is -2.26. The van der Waals surface area contributed by atoms with Crippen LogP contribution in [0, 0.1) is 0 Å². The number of ketones is 1. The summed E-state index contributed by atoms with van der Waals surface area (Å²) in [5, 5.41) is 3.39. The van der Waals surface area contributed by atoms with Gasteiger partial charge in [-0.15, -0.1) is 0 Å². The summed E-state index contributed by atoms with van der Waals surface area (Å²) in [6, 6.07) is 8.07. The van der Waals surface area contributed by atoms with Crippen molar-refractivity contribution in [2.24, 2.45) is 0 Å². The van der Waals surface area contributed by atoms with E-state index in [4.69, 9.17) is 11.6 Å². The number of aromatic nitrogens is 1. The highest BCUT2D eigenvalue weighted by Crippen LogP contribution is 2.22. The molecule has 2 aromatic rings. The van der Waals surface area contributed by atoms with Gasteiger partial charge in [0.1, 0.15) is 5.82 Å². The molecule has 2 N–H and O–H groups in total. The fourth-order valence-corrected chi connectivity index (χ4v) is 4.29. The minimum absolute atomic E-state index is 0.0348. The summed E-state index contributed by atoms with van der Waals surface area (Å²) in [5.41, 5.74) is 2.32. The van der Waals surface area contributed by atoms with Crippen LogP contribution in [0.1, 0.15) is 35.0 Å². The van der Waals surface area contributed by atoms with E-state index >= 15 is 0 Å². The standard InChI is InChI=1S/C18H20ClN3O3S/c1-12(23)16-7-6-15(11-17(16)19)26(24,25)21-10-8-14-5-4-13-3-2-9-20-18(13)22-14/h4-7,11,21H,2-3,8-10H2,1H3,(H,20,22). The van der Waals surface area contributed by atoms with E-state index in [9.17, 15) is 13.2 Å². The normalized spacial score (nSPS) is 13.8. The molecule has 8 heteroatoms. The maximum Gasteiger partial charge on any atom is 0.240 e. The Hall–Kier alpha value is -1.96. The van der Waals surface area contributed by atoms with Gasteiger partial charge in [-0.05, 0) is 49.6 Å². The minimum atomic E-state index is -3.70. The van der Waals surface area contributed by atoms with Crippen LogP contribution in [0.4, 0.5) is 5.82 Å². The molecule has 0 atom stereocenters. The Morgan fingerprint density at radius 1 is 1.31 bits per heavy atom. The van der Waals surface area contributed by atoms with Crippen LogP contribution in [0.5, 0.6) is 0 Å². The number of sulfonamides is 1. The van der Waals surface area contributed by atoms with Gasteiger partial charge in [0.15, 0.2) is 5.78 Å². The minimum Gasteiger partial charge on any atom is -0.370 e. The number of anilines is 1. The van der Waals surface area contributed by atoms with E-state index in [0.29, 0.717) is 12.0 Å². The number of pyridine rings is 1. The van der Waals surface area contributed by atoms with E-state index in [1.807, 2.05) is 12.1 Å². The number of hydrogen-bond donors (Lipinski definition) is 2. The number of hydrogen-bond acceptors (Lipinski definition) is 5. The highest BCUT2D eigenvalue weighted by molar-refractivity contribution is 7.89. The maximum atomic E-state index is 12.4. The van der Waals surface area contributed by atoms with Crippen molar-refractivity contribution in [3.63, 3.8) is 0 Å². The van der Waals surface area contributed by atoms with Gasteiger partial charge in [0, 0.05) is 30.8 Å².